The lowest BCUT2D eigenvalue weighted by atomic mass is 9.99. The number of fused-ring (bicyclic) bond motifs is 1. The minimum absolute atomic E-state index is 0.0382. The molecule has 0 bridgehead atoms. The van der Waals surface area contributed by atoms with Crippen LogP contribution in [-0.4, -0.2) is 63.9 Å². The molecule has 4 rings (SSSR count). The van der Waals surface area contributed by atoms with Crippen LogP contribution in [0.2, 0.25) is 0 Å². The van der Waals surface area contributed by atoms with Gasteiger partial charge in [-0.15, -0.1) is 0 Å². The summed E-state index contributed by atoms with van der Waals surface area (Å²) >= 11 is 0. The molecule has 2 fully saturated rings. The first kappa shape index (κ1) is 22.2. The summed E-state index contributed by atoms with van der Waals surface area (Å²) in [6.45, 7) is 3.43. The molecule has 2 atom stereocenters. The minimum Gasteiger partial charge on any atom is -0.383 e. The lowest BCUT2D eigenvalue weighted by Gasteiger charge is -2.31. The maximum atomic E-state index is 13.3. The highest BCUT2D eigenvalue weighted by Crippen LogP contribution is 2.40. The van der Waals surface area contributed by atoms with E-state index in [0.717, 1.165) is 24.1 Å². The van der Waals surface area contributed by atoms with Gasteiger partial charge >= 0.3 is 0 Å². The molecule has 1 aromatic carbocycles. The number of hydrogen-bond acceptors (Lipinski definition) is 5. The normalized spacial score (nSPS) is 24.1. The van der Waals surface area contributed by atoms with Crippen LogP contribution in [0.1, 0.15) is 38.2 Å². The second-order valence-corrected chi connectivity index (χ2v) is 10.8. The average Bonchev–Trinajstić information content (AvgIpc) is 3.55. The molecular formula is C22H31N3O5S. The Balaban J connectivity index is 1.49. The predicted octanol–water partition coefficient (Wildman–Crippen LogP) is 1.54. The number of methoxy groups -OCH3 is 1. The summed E-state index contributed by atoms with van der Waals surface area (Å²) in [5.74, 6) is -0.215. The first-order valence-corrected chi connectivity index (χ1v) is 12.5. The van der Waals surface area contributed by atoms with Crippen LogP contribution >= 0.6 is 0 Å². The van der Waals surface area contributed by atoms with Crippen molar-refractivity contribution in [3.05, 3.63) is 23.8 Å². The summed E-state index contributed by atoms with van der Waals surface area (Å²) in [5.41, 5.74) is 1.73. The number of nitrogens with one attached hydrogen (secondary N) is 1. The molecule has 2 aliphatic heterocycles. The van der Waals surface area contributed by atoms with Gasteiger partial charge in [0.25, 0.3) is 0 Å². The van der Waals surface area contributed by atoms with Crippen LogP contribution in [-0.2, 0) is 30.8 Å². The van der Waals surface area contributed by atoms with Gasteiger partial charge in [0.05, 0.1) is 17.4 Å². The number of hydrogen-bond donors (Lipinski definition) is 1. The highest BCUT2D eigenvalue weighted by Gasteiger charge is 2.40. The maximum Gasteiger partial charge on any atom is 0.243 e. The van der Waals surface area contributed by atoms with E-state index in [1.807, 2.05) is 11.8 Å². The summed E-state index contributed by atoms with van der Waals surface area (Å²) < 4.78 is 33.0. The molecule has 3 aliphatic rings. The summed E-state index contributed by atoms with van der Waals surface area (Å²) in [7, 11) is -2.14. The number of anilines is 1. The fourth-order valence-corrected chi connectivity index (χ4v) is 6.15. The van der Waals surface area contributed by atoms with Crippen LogP contribution in [0, 0.1) is 11.8 Å². The monoisotopic (exact) mass is 449 g/mol. The van der Waals surface area contributed by atoms with Gasteiger partial charge in [-0.25, -0.2) is 8.42 Å². The Bertz CT molecular complexity index is 960. The Morgan fingerprint density at radius 2 is 1.97 bits per heavy atom. The van der Waals surface area contributed by atoms with Crippen LogP contribution in [0.5, 0.6) is 0 Å². The largest absolute Gasteiger partial charge is 0.383 e. The molecule has 0 aromatic heterocycles. The second-order valence-electron chi connectivity index (χ2n) is 8.81. The van der Waals surface area contributed by atoms with Crippen LogP contribution in [0.15, 0.2) is 23.1 Å². The lowest BCUT2D eigenvalue weighted by Crippen LogP contribution is -2.45. The Labute approximate surface area is 184 Å². The topological polar surface area (TPSA) is 96.0 Å². The van der Waals surface area contributed by atoms with Crippen molar-refractivity contribution in [1.29, 1.82) is 0 Å². The quantitative estimate of drug-likeness (QED) is 0.637. The van der Waals surface area contributed by atoms with Crippen LogP contribution in [0.4, 0.5) is 5.69 Å². The van der Waals surface area contributed by atoms with E-state index >= 15 is 0 Å². The Morgan fingerprint density at radius 1 is 1.19 bits per heavy atom. The van der Waals surface area contributed by atoms with E-state index in [-0.39, 0.29) is 41.1 Å². The fraction of sp³-hybridized carbons (Fsp3) is 0.636. The number of benzene rings is 1. The molecule has 8 nitrogen and oxygen atoms in total. The zero-order chi connectivity index (χ0) is 22.2. The third-order valence-corrected chi connectivity index (χ3v) is 8.29. The number of sulfonamides is 1. The van der Waals surface area contributed by atoms with Crippen molar-refractivity contribution in [2.24, 2.45) is 11.8 Å². The van der Waals surface area contributed by atoms with Gasteiger partial charge in [-0.05, 0) is 62.8 Å². The fourth-order valence-electron chi connectivity index (χ4n) is 4.58. The molecule has 170 valence electrons. The smallest absolute Gasteiger partial charge is 0.243 e. The molecule has 31 heavy (non-hydrogen) atoms. The highest BCUT2D eigenvalue weighted by atomic mass is 32.2. The summed E-state index contributed by atoms with van der Waals surface area (Å²) in [6.07, 6.45) is 3.86. The van der Waals surface area contributed by atoms with Crippen LogP contribution in [0.3, 0.4) is 0 Å². The molecule has 0 unspecified atom stereocenters. The standard InChI is InChI=1S/C22H31N3O5S/c1-15-12-18-13-19(7-8-20(18)25(15)22(27)16-5-6-16)31(28,29)24-10-3-4-17(14-24)21(26)23-9-11-30-2/h7-8,13,15-17H,3-6,9-12,14H2,1-2H3,(H,23,26)/t15-,17-/m0/s1. The van der Waals surface area contributed by atoms with Crippen molar-refractivity contribution in [3.8, 4) is 0 Å². The molecule has 9 heteroatoms. The van der Waals surface area contributed by atoms with E-state index < -0.39 is 10.0 Å². The van der Waals surface area contributed by atoms with Crippen molar-refractivity contribution < 1.29 is 22.7 Å². The Kier molecular flexibility index (Phi) is 6.37. The maximum absolute atomic E-state index is 13.3. The Morgan fingerprint density at radius 3 is 2.68 bits per heavy atom. The molecule has 2 amide bonds. The Hall–Kier alpha value is -1.97. The molecule has 1 aliphatic carbocycles. The summed E-state index contributed by atoms with van der Waals surface area (Å²) in [5, 5.41) is 2.81. The number of carbonyl (C=O) groups excluding carboxylic acids is 2. The first-order chi connectivity index (χ1) is 14.8. The van der Waals surface area contributed by atoms with Crippen molar-refractivity contribution in [2.45, 2.75) is 50.0 Å². The number of carbonyl (C=O) groups is 2. The second kappa shape index (κ2) is 8.88. The predicted molar refractivity (Wildman–Crippen MR) is 116 cm³/mol. The van der Waals surface area contributed by atoms with Crippen molar-refractivity contribution in [2.75, 3.05) is 38.3 Å². The van der Waals surface area contributed by atoms with Gasteiger partial charge < -0.3 is 15.0 Å². The SMILES string of the molecule is COCCNC(=O)[C@H]1CCCN(S(=O)(=O)c2ccc3c(c2)C[C@H](C)N3C(=O)C2CC2)C1. The number of amides is 2. The van der Waals surface area contributed by atoms with Gasteiger partial charge in [0.2, 0.25) is 21.8 Å². The van der Waals surface area contributed by atoms with E-state index in [0.29, 0.717) is 39.0 Å². The average molecular weight is 450 g/mol. The molecule has 1 saturated heterocycles. The zero-order valence-electron chi connectivity index (χ0n) is 18.2. The van der Waals surface area contributed by atoms with Crippen LogP contribution in [0.25, 0.3) is 0 Å². The highest BCUT2D eigenvalue weighted by molar-refractivity contribution is 7.89. The van der Waals surface area contributed by atoms with Crippen molar-refractivity contribution in [1.82, 2.24) is 9.62 Å². The van der Waals surface area contributed by atoms with Gasteiger partial charge in [-0.1, -0.05) is 0 Å². The molecular weight excluding hydrogens is 418 g/mol. The van der Waals surface area contributed by atoms with Gasteiger partial charge in [-0.2, -0.15) is 4.31 Å². The number of rotatable bonds is 7. The number of piperidine rings is 1. The third kappa shape index (κ3) is 4.49. The summed E-state index contributed by atoms with van der Waals surface area (Å²) in [4.78, 5) is 27.1. The molecule has 2 heterocycles. The van der Waals surface area contributed by atoms with Gasteiger partial charge in [0.1, 0.15) is 0 Å². The summed E-state index contributed by atoms with van der Waals surface area (Å²) in [6, 6.07) is 5.12. The molecule has 0 spiro atoms. The zero-order valence-corrected chi connectivity index (χ0v) is 19.0. The van der Waals surface area contributed by atoms with E-state index in [4.69, 9.17) is 4.74 Å². The molecule has 1 saturated carbocycles. The van der Waals surface area contributed by atoms with Gasteiger partial charge in [0.15, 0.2) is 0 Å². The molecule has 1 N–H and O–H groups in total. The molecule has 1 aromatic rings. The van der Waals surface area contributed by atoms with E-state index in [1.54, 1.807) is 25.3 Å². The van der Waals surface area contributed by atoms with Gasteiger partial charge in [-0.3, -0.25) is 9.59 Å². The van der Waals surface area contributed by atoms with Gasteiger partial charge in [0, 0.05) is 44.4 Å². The molecule has 0 radical (unpaired) electrons. The lowest BCUT2D eigenvalue weighted by molar-refractivity contribution is -0.126. The third-order valence-electron chi connectivity index (χ3n) is 6.43. The van der Waals surface area contributed by atoms with Crippen LogP contribution < -0.4 is 10.2 Å². The van der Waals surface area contributed by atoms with E-state index in [9.17, 15) is 18.0 Å². The first-order valence-electron chi connectivity index (χ1n) is 11.1. The minimum atomic E-state index is -3.71. The number of nitrogens with zero attached hydrogens (tertiary/aromatic N) is 2. The van der Waals surface area contributed by atoms with E-state index in [1.165, 1.54) is 4.31 Å². The van der Waals surface area contributed by atoms with Crippen molar-refractivity contribution in [3.63, 3.8) is 0 Å². The number of ether oxygens (including phenoxy) is 1. The van der Waals surface area contributed by atoms with E-state index in [2.05, 4.69) is 5.32 Å². The van der Waals surface area contributed by atoms with Crippen molar-refractivity contribution >= 4 is 27.5 Å².